The van der Waals surface area contributed by atoms with Gasteiger partial charge in [-0.25, -0.2) is 0 Å². The Bertz CT molecular complexity index is 906. The Kier molecular flexibility index (Phi) is 4.67. The van der Waals surface area contributed by atoms with E-state index in [1.807, 2.05) is 54.6 Å². The van der Waals surface area contributed by atoms with Gasteiger partial charge in [-0.2, -0.15) is 0 Å². The summed E-state index contributed by atoms with van der Waals surface area (Å²) >= 11 is 0. The Morgan fingerprint density at radius 3 is 2.67 bits per heavy atom. The predicted octanol–water partition coefficient (Wildman–Crippen LogP) is 3.59. The second kappa shape index (κ2) is 7.27. The summed E-state index contributed by atoms with van der Waals surface area (Å²) in [4.78, 5) is 26.6. The molecule has 0 aliphatic carbocycles. The summed E-state index contributed by atoms with van der Waals surface area (Å²) < 4.78 is 5.67. The first kappa shape index (κ1) is 17.3. The Morgan fingerprint density at radius 1 is 1.11 bits per heavy atom. The van der Waals surface area contributed by atoms with E-state index in [-0.39, 0.29) is 30.3 Å². The highest BCUT2D eigenvalue weighted by Gasteiger charge is 2.30. The molecule has 2 heterocycles. The van der Waals surface area contributed by atoms with Crippen LogP contribution in [0.1, 0.15) is 48.5 Å². The van der Waals surface area contributed by atoms with Crippen molar-refractivity contribution in [2.24, 2.45) is 0 Å². The Hall–Kier alpha value is -3.08. The Morgan fingerprint density at radius 2 is 1.85 bits per heavy atom. The number of fused-ring (bicyclic) bond motifs is 2. The van der Waals surface area contributed by atoms with Crippen LogP contribution in [0.5, 0.6) is 5.75 Å². The largest absolute Gasteiger partial charge is 0.493 e. The van der Waals surface area contributed by atoms with Gasteiger partial charge in [0, 0.05) is 25.1 Å². The average Bonchev–Trinajstić information content (AvgIpc) is 2.68. The van der Waals surface area contributed by atoms with Crippen molar-refractivity contribution in [3.05, 3.63) is 71.4 Å². The van der Waals surface area contributed by atoms with E-state index in [1.54, 1.807) is 11.1 Å². The molecule has 5 nitrogen and oxygen atoms in total. The van der Waals surface area contributed by atoms with E-state index < -0.39 is 0 Å². The summed E-state index contributed by atoms with van der Waals surface area (Å²) in [7, 11) is 0. The molecule has 0 bridgehead atoms. The Balaban J connectivity index is 1.54. The summed E-state index contributed by atoms with van der Waals surface area (Å²) in [5, 5.41) is 3.13. The maximum atomic E-state index is 12.9. The van der Waals surface area contributed by atoms with Gasteiger partial charge in [0.15, 0.2) is 0 Å². The van der Waals surface area contributed by atoms with Gasteiger partial charge in [0.25, 0.3) is 0 Å². The van der Waals surface area contributed by atoms with E-state index in [0.717, 1.165) is 28.9 Å². The molecule has 0 aromatic heterocycles. The number of hydrogen-bond donors (Lipinski definition) is 1. The molecular formula is C22H22N2O3. The van der Waals surface area contributed by atoms with Gasteiger partial charge in [-0.1, -0.05) is 42.5 Å². The van der Waals surface area contributed by atoms with Gasteiger partial charge in [-0.05, 0) is 23.3 Å². The lowest BCUT2D eigenvalue weighted by Gasteiger charge is -2.33. The maximum Gasteiger partial charge on any atom is 0.223 e. The third kappa shape index (κ3) is 3.45. The quantitative estimate of drug-likeness (QED) is 0.908. The van der Waals surface area contributed by atoms with E-state index in [0.29, 0.717) is 6.61 Å². The fraction of sp³-hybridized carbons (Fsp3) is 0.273. The molecule has 2 aromatic rings. The fourth-order valence-corrected chi connectivity index (χ4v) is 3.83. The molecular weight excluding hydrogens is 340 g/mol. The highest BCUT2D eigenvalue weighted by Crippen LogP contribution is 2.34. The van der Waals surface area contributed by atoms with Crippen LogP contribution < -0.4 is 10.1 Å². The van der Waals surface area contributed by atoms with Crippen LogP contribution in [0.3, 0.4) is 0 Å². The van der Waals surface area contributed by atoms with Gasteiger partial charge in [0.2, 0.25) is 11.8 Å². The fourth-order valence-electron chi connectivity index (χ4n) is 3.83. The van der Waals surface area contributed by atoms with Crippen molar-refractivity contribution in [2.45, 2.75) is 31.8 Å². The number of ether oxygens (including phenoxy) is 1. The molecule has 2 aromatic carbocycles. The smallest absolute Gasteiger partial charge is 0.223 e. The van der Waals surface area contributed by atoms with Gasteiger partial charge in [-0.3, -0.25) is 9.59 Å². The zero-order valence-electron chi connectivity index (χ0n) is 15.2. The number of carbonyl (C=O) groups excluding carboxylic acids is 2. The number of nitrogens with one attached hydrogen (secondary N) is 1. The monoisotopic (exact) mass is 362 g/mol. The highest BCUT2D eigenvalue weighted by molar-refractivity contribution is 5.82. The van der Waals surface area contributed by atoms with Gasteiger partial charge in [0.1, 0.15) is 5.75 Å². The molecule has 5 heteroatoms. The van der Waals surface area contributed by atoms with Crippen molar-refractivity contribution in [3.8, 4) is 5.75 Å². The Labute approximate surface area is 158 Å². The van der Waals surface area contributed by atoms with Crippen LogP contribution in [0.4, 0.5) is 0 Å². The van der Waals surface area contributed by atoms with Crippen LogP contribution in [0, 0.1) is 0 Å². The van der Waals surface area contributed by atoms with Crippen molar-refractivity contribution < 1.29 is 14.3 Å². The molecule has 0 fully saturated rings. The van der Waals surface area contributed by atoms with E-state index in [4.69, 9.17) is 4.74 Å². The molecule has 2 unspecified atom stereocenters. The first-order chi connectivity index (χ1) is 13.1. The van der Waals surface area contributed by atoms with Crippen LogP contribution in [0.25, 0.3) is 6.08 Å². The average molecular weight is 362 g/mol. The second-order valence-corrected chi connectivity index (χ2v) is 6.89. The van der Waals surface area contributed by atoms with Gasteiger partial charge in [-0.15, -0.1) is 0 Å². The maximum absolute atomic E-state index is 12.9. The van der Waals surface area contributed by atoms with Gasteiger partial charge < -0.3 is 15.0 Å². The van der Waals surface area contributed by atoms with E-state index in [2.05, 4.69) is 5.32 Å². The molecule has 2 atom stereocenters. The summed E-state index contributed by atoms with van der Waals surface area (Å²) in [6.45, 7) is 2.11. The lowest BCUT2D eigenvalue weighted by molar-refractivity contribution is -0.130. The molecule has 27 heavy (non-hydrogen) atoms. The third-order valence-corrected chi connectivity index (χ3v) is 5.14. The molecule has 0 spiro atoms. The molecule has 0 radical (unpaired) electrons. The lowest BCUT2D eigenvalue weighted by atomic mass is 9.93. The van der Waals surface area contributed by atoms with Crippen molar-refractivity contribution in [1.29, 1.82) is 0 Å². The standard InChI is InChI=1S/C22H22N2O3/c1-15(25)24-12-10-16-6-2-3-7-17(16)20(24)14-22(26)23-19-11-13-27-21-9-5-4-8-18(19)21/h2-10,12,19-20H,11,13-14H2,1H3,(H,23,26). The molecule has 0 saturated carbocycles. The molecule has 2 aliphatic rings. The summed E-state index contributed by atoms with van der Waals surface area (Å²) in [6, 6.07) is 15.3. The topological polar surface area (TPSA) is 58.6 Å². The number of para-hydroxylation sites is 1. The second-order valence-electron chi connectivity index (χ2n) is 6.89. The molecule has 2 amide bonds. The molecule has 2 aliphatic heterocycles. The van der Waals surface area contributed by atoms with E-state index in [1.165, 1.54) is 6.92 Å². The number of rotatable bonds is 3. The van der Waals surface area contributed by atoms with E-state index in [9.17, 15) is 9.59 Å². The SMILES string of the molecule is CC(=O)N1C=Cc2ccccc2C1CC(=O)NC1CCOc2ccccc21. The zero-order chi connectivity index (χ0) is 18.8. The zero-order valence-corrected chi connectivity index (χ0v) is 15.2. The van der Waals surface area contributed by atoms with Crippen LogP contribution in [-0.2, 0) is 9.59 Å². The number of amides is 2. The minimum Gasteiger partial charge on any atom is -0.493 e. The van der Waals surface area contributed by atoms with Crippen molar-refractivity contribution in [2.75, 3.05) is 6.61 Å². The van der Waals surface area contributed by atoms with Gasteiger partial charge >= 0.3 is 0 Å². The molecule has 138 valence electrons. The molecule has 1 N–H and O–H groups in total. The van der Waals surface area contributed by atoms with Gasteiger partial charge in [0.05, 0.1) is 25.1 Å². The highest BCUT2D eigenvalue weighted by atomic mass is 16.5. The van der Waals surface area contributed by atoms with Crippen LogP contribution in [0.15, 0.2) is 54.7 Å². The summed E-state index contributed by atoms with van der Waals surface area (Å²) in [6.07, 6.45) is 4.65. The normalized spacial score (nSPS) is 20.3. The van der Waals surface area contributed by atoms with E-state index >= 15 is 0 Å². The first-order valence-electron chi connectivity index (χ1n) is 9.20. The summed E-state index contributed by atoms with van der Waals surface area (Å²) in [5.41, 5.74) is 3.05. The minimum atomic E-state index is -0.293. The first-order valence-corrected chi connectivity index (χ1v) is 9.20. The van der Waals surface area contributed by atoms with Crippen molar-refractivity contribution in [3.63, 3.8) is 0 Å². The predicted molar refractivity (Wildman–Crippen MR) is 103 cm³/mol. The number of hydrogen-bond acceptors (Lipinski definition) is 3. The van der Waals surface area contributed by atoms with Crippen molar-refractivity contribution in [1.82, 2.24) is 10.2 Å². The molecule has 4 rings (SSSR count). The lowest BCUT2D eigenvalue weighted by Crippen LogP contribution is -2.37. The third-order valence-electron chi connectivity index (χ3n) is 5.14. The van der Waals surface area contributed by atoms with Crippen LogP contribution in [0.2, 0.25) is 0 Å². The van der Waals surface area contributed by atoms with Crippen molar-refractivity contribution >= 4 is 17.9 Å². The minimum absolute atomic E-state index is 0.0670. The number of benzene rings is 2. The number of carbonyl (C=O) groups is 2. The molecule has 0 saturated heterocycles. The number of nitrogens with zero attached hydrogens (tertiary/aromatic N) is 1. The van der Waals surface area contributed by atoms with Crippen LogP contribution in [-0.4, -0.2) is 23.3 Å². The summed E-state index contributed by atoms with van der Waals surface area (Å²) in [5.74, 6) is 0.679. The van der Waals surface area contributed by atoms with Crippen LogP contribution >= 0.6 is 0 Å².